The second-order valence-electron chi connectivity index (χ2n) is 13.0. The molecule has 0 aliphatic carbocycles. The summed E-state index contributed by atoms with van der Waals surface area (Å²) in [6, 6.07) is 57.9. The summed E-state index contributed by atoms with van der Waals surface area (Å²) in [5, 5.41) is 3.56. The van der Waals surface area contributed by atoms with Crippen molar-refractivity contribution in [3.8, 4) is 33.9 Å². The van der Waals surface area contributed by atoms with Gasteiger partial charge in [-0.25, -0.2) is 9.97 Å². The average Bonchev–Trinajstić information content (AvgIpc) is 3.82. The number of hydrogen-bond donors (Lipinski definition) is 0. The first-order chi connectivity index (χ1) is 26.3. The van der Waals surface area contributed by atoms with Crippen LogP contribution >= 0.6 is 0 Å². The van der Waals surface area contributed by atoms with Gasteiger partial charge >= 0.3 is 0 Å². The molecule has 0 aliphatic rings. The highest BCUT2D eigenvalue weighted by Gasteiger charge is 2.21. The van der Waals surface area contributed by atoms with Crippen LogP contribution < -0.4 is 4.90 Å². The third kappa shape index (κ3) is 5.32. The van der Waals surface area contributed by atoms with E-state index in [-0.39, 0.29) is 0 Å². The highest BCUT2D eigenvalue weighted by molar-refractivity contribution is 6.19. The van der Waals surface area contributed by atoms with Gasteiger partial charge in [0, 0.05) is 81.1 Å². The van der Waals surface area contributed by atoms with Crippen LogP contribution in [0, 0.1) is 0 Å². The molecule has 10 aromatic rings. The van der Waals surface area contributed by atoms with E-state index in [9.17, 15) is 0 Å². The first-order valence-corrected chi connectivity index (χ1v) is 17.7. The molecular weight excluding hydrogens is 649 g/mol. The largest absolute Gasteiger partial charge is 0.315 e. The number of para-hydroxylation sites is 2. The van der Waals surface area contributed by atoms with Gasteiger partial charge in [-0.15, -0.1) is 0 Å². The molecule has 0 amide bonds. The number of pyridine rings is 1. The van der Waals surface area contributed by atoms with Crippen LogP contribution in [-0.2, 0) is 0 Å². The summed E-state index contributed by atoms with van der Waals surface area (Å²) >= 11 is 0. The Morgan fingerprint density at radius 3 is 1.83 bits per heavy atom. The van der Waals surface area contributed by atoms with Crippen LogP contribution in [-0.4, -0.2) is 24.1 Å². The first-order valence-electron chi connectivity index (χ1n) is 17.7. The van der Waals surface area contributed by atoms with E-state index in [1.807, 2.05) is 18.3 Å². The molecule has 0 saturated carbocycles. The zero-order valence-electron chi connectivity index (χ0n) is 28.7. The van der Waals surface area contributed by atoms with Gasteiger partial charge in [-0.2, -0.15) is 0 Å². The molecule has 0 atom stereocenters. The zero-order valence-corrected chi connectivity index (χ0v) is 28.7. The van der Waals surface area contributed by atoms with E-state index in [2.05, 4.69) is 187 Å². The van der Waals surface area contributed by atoms with Crippen molar-refractivity contribution in [2.45, 2.75) is 0 Å². The Kier molecular flexibility index (Phi) is 7.36. The second-order valence-corrected chi connectivity index (χ2v) is 13.0. The van der Waals surface area contributed by atoms with Gasteiger partial charge in [0.15, 0.2) is 5.82 Å². The molecule has 0 spiro atoms. The predicted molar refractivity (Wildman–Crippen MR) is 217 cm³/mol. The van der Waals surface area contributed by atoms with Crippen molar-refractivity contribution in [2.75, 3.05) is 4.90 Å². The summed E-state index contributed by atoms with van der Waals surface area (Å²) in [7, 11) is 0. The Balaban J connectivity index is 1.19. The lowest BCUT2D eigenvalue weighted by atomic mass is 10.1. The van der Waals surface area contributed by atoms with Crippen LogP contribution in [0.25, 0.3) is 66.6 Å². The predicted octanol–water partition coefficient (Wildman–Crippen LogP) is 11.7. The maximum Gasteiger partial charge on any atom is 0.159 e. The van der Waals surface area contributed by atoms with Crippen LogP contribution in [0.5, 0.6) is 0 Å². The van der Waals surface area contributed by atoms with Crippen molar-refractivity contribution in [3.63, 3.8) is 0 Å². The second kappa shape index (κ2) is 12.8. The summed E-state index contributed by atoms with van der Waals surface area (Å²) in [4.78, 5) is 15.6. The lowest BCUT2D eigenvalue weighted by Gasteiger charge is -2.26. The van der Waals surface area contributed by atoms with Gasteiger partial charge in [-0.3, -0.25) is 4.98 Å². The van der Waals surface area contributed by atoms with E-state index in [0.29, 0.717) is 5.82 Å². The summed E-state index contributed by atoms with van der Waals surface area (Å²) in [5.74, 6) is 0.702. The third-order valence-electron chi connectivity index (χ3n) is 9.94. The molecule has 53 heavy (non-hydrogen) atoms. The van der Waals surface area contributed by atoms with Crippen LogP contribution in [0.1, 0.15) is 0 Å². The number of aromatic nitrogens is 5. The summed E-state index contributed by atoms with van der Waals surface area (Å²) in [6.07, 6.45) is 9.44. The molecule has 0 fully saturated rings. The molecule has 0 bridgehead atoms. The van der Waals surface area contributed by atoms with Gasteiger partial charge in [0.25, 0.3) is 0 Å². The molecule has 6 nitrogen and oxygen atoms in total. The van der Waals surface area contributed by atoms with Gasteiger partial charge in [0.1, 0.15) is 0 Å². The quantitative estimate of drug-likeness (QED) is 0.168. The van der Waals surface area contributed by atoms with Crippen molar-refractivity contribution in [1.29, 1.82) is 0 Å². The normalized spacial score (nSPS) is 11.4. The number of hydrogen-bond acceptors (Lipinski definition) is 4. The molecule has 0 N–H and O–H groups in total. The van der Waals surface area contributed by atoms with Crippen molar-refractivity contribution in [2.24, 2.45) is 0 Å². The lowest BCUT2D eigenvalue weighted by Crippen LogP contribution is -2.10. The zero-order chi connectivity index (χ0) is 35.1. The van der Waals surface area contributed by atoms with E-state index in [1.165, 1.54) is 27.2 Å². The van der Waals surface area contributed by atoms with Crippen LogP contribution in [0.15, 0.2) is 195 Å². The van der Waals surface area contributed by atoms with Crippen LogP contribution in [0.2, 0.25) is 0 Å². The van der Waals surface area contributed by atoms with Gasteiger partial charge in [0.05, 0.1) is 16.6 Å². The number of nitrogens with zero attached hydrogens (tertiary/aromatic N) is 6. The van der Waals surface area contributed by atoms with Gasteiger partial charge in [-0.1, -0.05) is 66.7 Å². The average molecular weight is 681 g/mol. The Bertz CT molecular complexity index is 2760. The number of anilines is 3. The van der Waals surface area contributed by atoms with E-state index in [4.69, 9.17) is 0 Å². The number of rotatable bonds is 7. The molecule has 0 saturated heterocycles. The molecule has 250 valence electrons. The number of benzene rings is 6. The van der Waals surface area contributed by atoms with E-state index >= 15 is 0 Å². The molecule has 0 aliphatic heterocycles. The van der Waals surface area contributed by atoms with E-state index < -0.39 is 0 Å². The highest BCUT2D eigenvalue weighted by Crippen LogP contribution is 2.42. The molecule has 0 unspecified atom stereocenters. The minimum absolute atomic E-state index is 0.702. The minimum atomic E-state index is 0.702. The molecule has 10 rings (SSSR count). The van der Waals surface area contributed by atoms with Gasteiger partial charge < -0.3 is 14.0 Å². The Labute approximate surface area is 306 Å². The standard InChI is InChI=1S/C47H32N6/c1-3-10-37(11-4-1)51-30-26-34-18-24-42-43-31-41(23-25-44(43)53(46(42)45(34)51)38-12-5-2-6-13-38)52(39-19-14-33(15-20-39)36-9-7-27-48-32-36)40-21-16-35(17-22-40)47-49-28-8-29-50-47/h1-32H. The fourth-order valence-electron chi connectivity index (χ4n) is 7.49. The molecule has 0 radical (unpaired) electrons. The van der Waals surface area contributed by atoms with Crippen molar-refractivity contribution < 1.29 is 0 Å². The fraction of sp³-hybridized carbons (Fsp3) is 0. The maximum absolute atomic E-state index is 4.48. The first kappa shape index (κ1) is 30.5. The summed E-state index contributed by atoms with van der Waals surface area (Å²) < 4.78 is 4.73. The fourth-order valence-corrected chi connectivity index (χ4v) is 7.49. The highest BCUT2D eigenvalue weighted by atomic mass is 15.1. The molecule has 6 aromatic carbocycles. The SMILES string of the molecule is c1ccc(-n2ccc3ccc4c5cc(N(c6ccc(-c7cccnc7)cc6)c6ccc(-c7ncccn7)cc6)ccc5n(-c5ccccc5)c4c32)cc1. The summed E-state index contributed by atoms with van der Waals surface area (Å²) in [6.45, 7) is 0. The lowest BCUT2D eigenvalue weighted by molar-refractivity contribution is 1.12. The Morgan fingerprint density at radius 1 is 0.453 bits per heavy atom. The van der Waals surface area contributed by atoms with E-state index in [1.54, 1.807) is 18.6 Å². The van der Waals surface area contributed by atoms with Crippen molar-refractivity contribution in [3.05, 3.63) is 195 Å². The maximum atomic E-state index is 4.48. The smallest absolute Gasteiger partial charge is 0.159 e. The van der Waals surface area contributed by atoms with Gasteiger partial charge in [0.2, 0.25) is 0 Å². The molecule has 4 heterocycles. The monoisotopic (exact) mass is 680 g/mol. The third-order valence-corrected chi connectivity index (χ3v) is 9.94. The topological polar surface area (TPSA) is 51.8 Å². The minimum Gasteiger partial charge on any atom is -0.315 e. The number of fused-ring (bicyclic) bond motifs is 5. The van der Waals surface area contributed by atoms with Gasteiger partial charge in [-0.05, 0) is 108 Å². The molecule has 4 aromatic heterocycles. The molecule has 6 heteroatoms. The van der Waals surface area contributed by atoms with E-state index in [0.717, 1.165) is 50.6 Å². The van der Waals surface area contributed by atoms with Crippen molar-refractivity contribution >= 4 is 49.8 Å². The van der Waals surface area contributed by atoms with Crippen molar-refractivity contribution in [1.82, 2.24) is 24.1 Å². The molecular formula is C47H32N6. The van der Waals surface area contributed by atoms with Crippen LogP contribution in [0.3, 0.4) is 0 Å². The Hall–Kier alpha value is -7.31. The summed E-state index contributed by atoms with van der Waals surface area (Å²) in [5.41, 5.74) is 12.1. The van der Waals surface area contributed by atoms with Crippen LogP contribution in [0.4, 0.5) is 17.1 Å². The Morgan fingerprint density at radius 2 is 1.13 bits per heavy atom.